The molecule has 0 aliphatic heterocycles. The third-order valence-electron chi connectivity index (χ3n) is 3.83. The van der Waals surface area contributed by atoms with Gasteiger partial charge in [-0.15, -0.1) is 11.8 Å². The Morgan fingerprint density at radius 3 is 2.39 bits per heavy atom. The molecule has 0 spiro atoms. The molecule has 0 unspecified atom stereocenters. The number of halogens is 3. The molecule has 0 radical (unpaired) electrons. The molecule has 0 aliphatic rings. The number of esters is 1. The van der Waals surface area contributed by atoms with E-state index in [2.05, 4.69) is 5.32 Å². The van der Waals surface area contributed by atoms with Crippen molar-refractivity contribution < 1.29 is 35.9 Å². The minimum absolute atomic E-state index is 0.408. The van der Waals surface area contributed by atoms with E-state index in [-0.39, 0.29) is 0 Å². The van der Waals surface area contributed by atoms with Crippen molar-refractivity contribution in [3.05, 3.63) is 54.1 Å². The fraction of sp³-hybridized carbons (Fsp3) is 0.263. The Labute approximate surface area is 181 Å². The van der Waals surface area contributed by atoms with E-state index < -0.39 is 58.1 Å². The van der Waals surface area contributed by atoms with Crippen molar-refractivity contribution in [2.45, 2.75) is 22.4 Å². The van der Waals surface area contributed by atoms with E-state index in [0.29, 0.717) is 11.8 Å². The van der Waals surface area contributed by atoms with Crippen molar-refractivity contribution in [2.24, 2.45) is 0 Å². The van der Waals surface area contributed by atoms with Gasteiger partial charge in [-0.2, -0.15) is 13.2 Å². The quantitative estimate of drug-likeness (QED) is 0.426. The highest BCUT2D eigenvalue weighted by Crippen LogP contribution is 2.30. The van der Waals surface area contributed by atoms with Crippen LogP contribution in [0.1, 0.15) is 12.0 Å². The fourth-order valence-electron chi connectivity index (χ4n) is 2.30. The van der Waals surface area contributed by atoms with Gasteiger partial charge < -0.3 is 10.1 Å². The minimum atomic E-state index is -4.69. The molecule has 0 saturated heterocycles. The molecule has 2 aromatic carbocycles. The third-order valence-corrected chi connectivity index (χ3v) is 6.03. The summed E-state index contributed by atoms with van der Waals surface area (Å²) in [7, 11) is -4.26. The lowest BCUT2D eigenvalue weighted by atomic mass is 10.2. The van der Waals surface area contributed by atoms with Gasteiger partial charge in [-0.3, -0.25) is 9.59 Å². The number of sulfonamides is 1. The number of benzene rings is 2. The Kier molecular flexibility index (Phi) is 8.48. The normalized spacial score (nSPS) is 11.7. The lowest BCUT2D eigenvalue weighted by Crippen LogP contribution is -2.28. The maximum absolute atomic E-state index is 12.7. The first kappa shape index (κ1) is 24.7. The van der Waals surface area contributed by atoms with Gasteiger partial charge in [-0.25, -0.2) is 13.1 Å². The summed E-state index contributed by atoms with van der Waals surface area (Å²) in [6, 6.07) is 10.2. The van der Waals surface area contributed by atoms with E-state index in [1.54, 1.807) is 12.1 Å². The number of nitrogens with one attached hydrogen (secondary N) is 2. The van der Waals surface area contributed by atoms with Crippen molar-refractivity contribution in [3.8, 4) is 0 Å². The zero-order valence-corrected chi connectivity index (χ0v) is 17.9. The Hall–Kier alpha value is -2.57. The molecule has 0 saturated carbocycles. The summed E-state index contributed by atoms with van der Waals surface area (Å²) in [6.07, 6.45) is -3.19. The van der Waals surface area contributed by atoms with Crippen LogP contribution in [0.3, 0.4) is 0 Å². The molecular formula is C19H19F3N2O5S2. The van der Waals surface area contributed by atoms with Crippen molar-refractivity contribution in [1.29, 1.82) is 0 Å². The summed E-state index contributed by atoms with van der Waals surface area (Å²) >= 11 is 1.54. The van der Waals surface area contributed by atoms with Gasteiger partial charge in [0.15, 0.2) is 6.61 Å². The average molecular weight is 476 g/mol. The van der Waals surface area contributed by atoms with E-state index in [1.807, 2.05) is 23.1 Å². The average Bonchev–Trinajstić information content (AvgIpc) is 2.72. The van der Waals surface area contributed by atoms with Gasteiger partial charge in [0.05, 0.1) is 16.9 Å². The number of hydrogen-bond donors (Lipinski definition) is 2. The second kappa shape index (κ2) is 10.6. The molecule has 0 atom stereocenters. The van der Waals surface area contributed by atoms with Crippen LogP contribution in [0.2, 0.25) is 0 Å². The number of rotatable bonds is 9. The molecule has 1 amide bonds. The SMILES string of the molecule is CSc1ccc(NC(=O)COC(=O)CCNS(=O)(=O)c2cccc(C(F)(F)F)c2)cc1. The number of hydrogen-bond acceptors (Lipinski definition) is 6. The Morgan fingerprint density at radius 2 is 1.77 bits per heavy atom. The van der Waals surface area contributed by atoms with Crippen LogP contribution in [0.25, 0.3) is 0 Å². The summed E-state index contributed by atoms with van der Waals surface area (Å²) < 4.78 is 69.2. The minimum Gasteiger partial charge on any atom is -0.456 e. The number of alkyl halides is 3. The summed E-state index contributed by atoms with van der Waals surface area (Å²) in [4.78, 5) is 23.9. The van der Waals surface area contributed by atoms with Crippen molar-refractivity contribution in [1.82, 2.24) is 4.72 Å². The molecule has 2 N–H and O–H groups in total. The molecule has 0 fully saturated rings. The zero-order chi connectivity index (χ0) is 23.1. The van der Waals surface area contributed by atoms with Crippen molar-refractivity contribution in [3.63, 3.8) is 0 Å². The van der Waals surface area contributed by atoms with Gasteiger partial charge in [0.1, 0.15) is 0 Å². The molecule has 12 heteroatoms. The molecule has 31 heavy (non-hydrogen) atoms. The number of anilines is 1. The summed E-state index contributed by atoms with van der Waals surface area (Å²) in [5.74, 6) is -1.42. The molecule has 0 aromatic heterocycles. The van der Waals surface area contributed by atoms with E-state index in [1.165, 1.54) is 11.8 Å². The molecular weight excluding hydrogens is 457 g/mol. The van der Waals surface area contributed by atoms with Gasteiger partial charge in [0.2, 0.25) is 10.0 Å². The lowest BCUT2D eigenvalue weighted by Gasteiger charge is -2.10. The predicted molar refractivity (Wildman–Crippen MR) is 109 cm³/mol. The van der Waals surface area contributed by atoms with E-state index in [4.69, 9.17) is 4.74 Å². The first-order valence-corrected chi connectivity index (χ1v) is 11.5. The highest BCUT2D eigenvalue weighted by Gasteiger charge is 2.31. The fourth-order valence-corrected chi connectivity index (χ4v) is 3.79. The van der Waals surface area contributed by atoms with Gasteiger partial charge in [0, 0.05) is 17.1 Å². The van der Waals surface area contributed by atoms with E-state index in [9.17, 15) is 31.2 Å². The molecule has 0 aliphatic carbocycles. The van der Waals surface area contributed by atoms with Gasteiger partial charge in [-0.1, -0.05) is 6.07 Å². The predicted octanol–water partition coefficient (Wildman–Crippen LogP) is 3.28. The number of ether oxygens (including phenoxy) is 1. The van der Waals surface area contributed by atoms with E-state index in [0.717, 1.165) is 23.1 Å². The maximum Gasteiger partial charge on any atom is 0.416 e. The lowest BCUT2D eigenvalue weighted by molar-refractivity contribution is -0.147. The van der Waals surface area contributed by atoms with Crippen molar-refractivity contribution >= 4 is 39.3 Å². The third kappa shape index (κ3) is 7.89. The molecule has 0 bridgehead atoms. The number of carbonyl (C=O) groups excluding carboxylic acids is 2. The standard InChI is InChI=1S/C19H19F3N2O5S2/c1-30-15-7-5-14(6-8-15)24-17(25)12-29-18(26)9-10-23-31(27,28)16-4-2-3-13(11-16)19(20,21)22/h2-8,11,23H,9-10,12H2,1H3,(H,24,25). The van der Waals surface area contributed by atoms with Gasteiger partial charge >= 0.3 is 12.1 Å². The number of thioether (sulfide) groups is 1. The van der Waals surface area contributed by atoms with Crippen LogP contribution in [-0.2, 0) is 30.5 Å². The zero-order valence-electron chi connectivity index (χ0n) is 16.2. The number of carbonyl (C=O) groups is 2. The van der Waals surface area contributed by atoms with E-state index >= 15 is 0 Å². The monoisotopic (exact) mass is 476 g/mol. The van der Waals surface area contributed by atoms with Gasteiger partial charge in [-0.05, 0) is 48.7 Å². The Bertz CT molecular complexity index is 1030. The highest BCUT2D eigenvalue weighted by molar-refractivity contribution is 7.98. The first-order valence-electron chi connectivity index (χ1n) is 8.78. The van der Waals surface area contributed by atoms with Crippen LogP contribution >= 0.6 is 11.8 Å². The second-order valence-corrected chi connectivity index (χ2v) is 8.76. The van der Waals surface area contributed by atoms with Crippen LogP contribution in [-0.4, -0.2) is 39.7 Å². The summed E-state index contributed by atoms with van der Waals surface area (Å²) in [6.45, 7) is -0.974. The molecule has 2 aromatic rings. The largest absolute Gasteiger partial charge is 0.456 e. The summed E-state index contributed by atoms with van der Waals surface area (Å²) in [5.41, 5.74) is -0.586. The molecule has 2 rings (SSSR count). The molecule has 0 heterocycles. The Balaban J connectivity index is 1.78. The van der Waals surface area contributed by atoms with Gasteiger partial charge in [0.25, 0.3) is 5.91 Å². The second-order valence-electron chi connectivity index (χ2n) is 6.11. The maximum atomic E-state index is 12.7. The van der Waals surface area contributed by atoms with Crippen LogP contribution in [0.4, 0.5) is 18.9 Å². The number of amides is 1. The van der Waals surface area contributed by atoms with Crippen molar-refractivity contribution in [2.75, 3.05) is 24.7 Å². The van der Waals surface area contributed by atoms with Crippen LogP contribution in [0.5, 0.6) is 0 Å². The smallest absolute Gasteiger partial charge is 0.416 e. The molecule has 168 valence electrons. The van der Waals surface area contributed by atoms with Crippen LogP contribution < -0.4 is 10.0 Å². The first-order chi connectivity index (χ1) is 14.5. The molecule has 7 nitrogen and oxygen atoms in total. The topological polar surface area (TPSA) is 102 Å². The van der Waals surface area contributed by atoms with Crippen LogP contribution in [0.15, 0.2) is 58.3 Å². The Morgan fingerprint density at radius 1 is 1.10 bits per heavy atom. The highest BCUT2D eigenvalue weighted by atomic mass is 32.2. The summed E-state index contributed by atoms with van der Waals surface area (Å²) in [5, 5.41) is 2.54. The van der Waals surface area contributed by atoms with Crippen LogP contribution in [0, 0.1) is 0 Å².